The Hall–Kier alpha value is -2.30. The molecule has 1 aromatic heterocycles. The molecule has 0 spiro atoms. The van der Waals surface area contributed by atoms with E-state index in [1.807, 2.05) is 35.9 Å². The second kappa shape index (κ2) is 5.00. The van der Waals surface area contributed by atoms with Crippen molar-refractivity contribution in [1.29, 1.82) is 0 Å². The van der Waals surface area contributed by atoms with E-state index >= 15 is 0 Å². The van der Waals surface area contributed by atoms with E-state index in [0.717, 1.165) is 23.7 Å². The molecule has 3 rings (SSSR count). The van der Waals surface area contributed by atoms with Crippen LogP contribution in [0.1, 0.15) is 23.2 Å². The molecule has 20 heavy (non-hydrogen) atoms. The number of para-hydroxylation sites is 1. The summed E-state index contributed by atoms with van der Waals surface area (Å²) in [5.41, 5.74) is 1.45. The average molecular weight is 272 g/mol. The number of ether oxygens (including phenoxy) is 1. The SMILES string of the molecule is Cn1cc(C(=O)OCC(=O)NC2CC2)c2ccccc21. The van der Waals surface area contributed by atoms with Gasteiger partial charge in [-0.05, 0) is 18.9 Å². The normalized spacial score (nSPS) is 14.2. The fourth-order valence-electron chi connectivity index (χ4n) is 2.21. The first-order chi connectivity index (χ1) is 9.65. The van der Waals surface area contributed by atoms with Crippen molar-refractivity contribution >= 4 is 22.8 Å². The van der Waals surface area contributed by atoms with Crippen molar-refractivity contribution in [2.45, 2.75) is 18.9 Å². The van der Waals surface area contributed by atoms with Crippen molar-refractivity contribution in [3.8, 4) is 0 Å². The molecule has 1 N–H and O–H groups in total. The van der Waals surface area contributed by atoms with Gasteiger partial charge in [-0.3, -0.25) is 4.79 Å². The lowest BCUT2D eigenvalue weighted by Crippen LogP contribution is -2.30. The van der Waals surface area contributed by atoms with Crippen molar-refractivity contribution in [3.05, 3.63) is 36.0 Å². The molecule has 104 valence electrons. The lowest BCUT2D eigenvalue weighted by molar-refractivity contribution is -0.124. The van der Waals surface area contributed by atoms with Crippen molar-refractivity contribution in [3.63, 3.8) is 0 Å². The smallest absolute Gasteiger partial charge is 0.340 e. The predicted molar refractivity (Wildman–Crippen MR) is 74.4 cm³/mol. The van der Waals surface area contributed by atoms with E-state index in [-0.39, 0.29) is 18.6 Å². The summed E-state index contributed by atoms with van der Waals surface area (Å²) in [6.45, 7) is -0.224. The minimum absolute atomic E-state index is 0.224. The minimum atomic E-state index is -0.465. The molecule has 1 amide bonds. The van der Waals surface area contributed by atoms with E-state index in [9.17, 15) is 9.59 Å². The topological polar surface area (TPSA) is 60.3 Å². The Morgan fingerprint density at radius 1 is 1.35 bits per heavy atom. The molecule has 1 heterocycles. The molecule has 1 aliphatic rings. The fraction of sp³-hybridized carbons (Fsp3) is 0.333. The van der Waals surface area contributed by atoms with E-state index in [0.29, 0.717) is 5.56 Å². The molecule has 5 nitrogen and oxygen atoms in total. The molecule has 0 atom stereocenters. The molecule has 0 bridgehead atoms. The summed E-state index contributed by atoms with van der Waals surface area (Å²) in [5, 5.41) is 3.62. The second-order valence-corrected chi connectivity index (χ2v) is 5.09. The van der Waals surface area contributed by atoms with E-state index in [4.69, 9.17) is 4.74 Å². The summed E-state index contributed by atoms with van der Waals surface area (Å²) in [7, 11) is 1.87. The van der Waals surface area contributed by atoms with Crippen LogP contribution < -0.4 is 5.32 Å². The number of carbonyl (C=O) groups excluding carboxylic acids is 2. The van der Waals surface area contributed by atoms with Gasteiger partial charge in [0.1, 0.15) is 0 Å². The maximum absolute atomic E-state index is 12.1. The van der Waals surface area contributed by atoms with Crippen molar-refractivity contribution in [2.75, 3.05) is 6.61 Å². The Balaban J connectivity index is 1.70. The number of nitrogens with zero attached hydrogens (tertiary/aromatic N) is 1. The maximum Gasteiger partial charge on any atom is 0.340 e. The van der Waals surface area contributed by atoms with Crippen LogP contribution in [0.3, 0.4) is 0 Å². The van der Waals surface area contributed by atoms with Gasteiger partial charge in [0.05, 0.1) is 5.56 Å². The van der Waals surface area contributed by atoms with Crippen LogP contribution >= 0.6 is 0 Å². The summed E-state index contributed by atoms with van der Waals surface area (Å²) >= 11 is 0. The van der Waals surface area contributed by atoms with Crippen LogP contribution in [0.25, 0.3) is 10.9 Å². The van der Waals surface area contributed by atoms with Gasteiger partial charge in [-0.1, -0.05) is 18.2 Å². The monoisotopic (exact) mass is 272 g/mol. The van der Waals surface area contributed by atoms with Crippen LogP contribution in [0.2, 0.25) is 0 Å². The number of benzene rings is 1. The highest BCUT2D eigenvalue weighted by molar-refractivity contribution is 6.04. The summed E-state index contributed by atoms with van der Waals surface area (Å²) in [6, 6.07) is 7.88. The molecular weight excluding hydrogens is 256 g/mol. The first kappa shape index (κ1) is 12.7. The van der Waals surface area contributed by atoms with Gasteiger partial charge in [0.2, 0.25) is 0 Å². The molecule has 1 aromatic carbocycles. The average Bonchev–Trinajstić information content (AvgIpc) is 3.19. The zero-order chi connectivity index (χ0) is 14.1. The van der Waals surface area contributed by atoms with Crippen LogP contribution in [-0.2, 0) is 16.6 Å². The Labute approximate surface area is 116 Å². The largest absolute Gasteiger partial charge is 0.452 e. The van der Waals surface area contributed by atoms with Gasteiger partial charge in [0.25, 0.3) is 5.91 Å². The number of fused-ring (bicyclic) bond motifs is 1. The summed E-state index contributed by atoms with van der Waals surface area (Å²) in [5.74, 6) is -0.700. The van der Waals surface area contributed by atoms with Gasteiger partial charge in [-0.2, -0.15) is 0 Å². The van der Waals surface area contributed by atoms with E-state index < -0.39 is 5.97 Å². The number of hydrogen-bond donors (Lipinski definition) is 1. The molecule has 0 aliphatic heterocycles. The predicted octanol–water partition coefficient (Wildman–Crippen LogP) is 1.61. The first-order valence-corrected chi connectivity index (χ1v) is 6.65. The Morgan fingerprint density at radius 2 is 2.10 bits per heavy atom. The number of rotatable bonds is 4. The summed E-state index contributed by atoms with van der Waals surface area (Å²) in [4.78, 5) is 23.6. The lowest BCUT2D eigenvalue weighted by Gasteiger charge is -2.04. The maximum atomic E-state index is 12.1. The molecule has 0 unspecified atom stereocenters. The van der Waals surface area contributed by atoms with Crippen LogP contribution in [0, 0.1) is 0 Å². The van der Waals surface area contributed by atoms with Crippen molar-refractivity contribution in [1.82, 2.24) is 9.88 Å². The number of carbonyl (C=O) groups is 2. The molecule has 1 saturated carbocycles. The number of esters is 1. The molecule has 1 aliphatic carbocycles. The minimum Gasteiger partial charge on any atom is -0.452 e. The Bertz CT molecular complexity index is 671. The number of aromatic nitrogens is 1. The third-order valence-corrected chi connectivity index (χ3v) is 3.39. The lowest BCUT2D eigenvalue weighted by atomic mass is 10.2. The van der Waals surface area contributed by atoms with Gasteiger partial charge in [0, 0.05) is 30.2 Å². The summed E-state index contributed by atoms with van der Waals surface area (Å²) in [6.07, 6.45) is 3.76. The van der Waals surface area contributed by atoms with Gasteiger partial charge in [0.15, 0.2) is 6.61 Å². The number of nitrogens with one attached hydrogen (secondary N) is 1. The standard InChI is InChI=1S/C15H16N2O3/c1-17-8-12(11-4-2-3-5-13(11)17)15(19)20-9-14(18)16-10-6-7-10/h2-5,8,10H,6-7,9H2,1H3,(H,16,18). The van der Waals surface area contributed by atoms with Gasteiger partial charge >= 0.3 is 5.97 Å². The number of aryl methyl sites for hydroxylation is 1. The third kappa shape index (κ3) is 2.52. The fourth-order valence-corrected chi connectivity index (χ4v) is 2.21. The number of amides is 1. The zero-order valence-corrected chi connectivity index (χ0v) is 11.3. The van der Waals surface area contributed by atoms with Gasteiger partial charge in [-0.25, -0.2) is 4.79 Å². The summed E-state index contributed by atoms with van der Waals surface area (Å²) < 4.78 is 6.95. The molecule has 0 radical (unpaired) electrons. The van der Waals surface area contributed by atoms with Crippen molar-refractivity contribution in [2.24, 2.45) is 7.05 Å². The molecular formula is C15H16N2O3. The van der Waals surface area contributed by atoms with E-state index in [1.165, 1.54) is 0 Å². The van der Waals surface area contributed by atoms with E-state index in [2.05, 4.69) is 5.32 Å². The third-order valence-electron chi connectivity index (χ3n) is 3.39. The highest BCUT2D eigenvalue weighted by Gasteiger charge is 2.24. The zero-order valence-electron chi connectivity index (χ0n) is 11.3. The van der Waals surface area contributed by atoms with Crippen molar-refractivity contribution < 1.29 is 14.3 Å². The quantitative estimate of drug-likeness (QED) is 0.860. The highest BCUT2D eigenvalue weighted by atomic mass is 16.5. The molecule has 5 heteroatoms. The Kier molecular flexibility index (Phi) is 3.18. The van der Waals surface area contributed by atoms with Crippen LogP contribution in [0.4, 0.5) is 0 Å². The number of hydrogen-bond acceptors (Lipinski definition) is 3. The van der Waals surface area contributed by atoms with Gasteiger partial charge < -0.3 is 14.6 Å². The second-order valence-electron chi connectivity index (χ2n) is 5.09. The molecule has 2 aromatic rings. The van der Waals surface area contributed by atoms with Crippen LogP contribution in [0.5, 0.6) is 0 Å². The van der Waals surface area contributed by atoms with Crippen LogP contribution in [-0.4, -0.2) is 29.1 Å². The highest BCUT2D eigenvalue weighted by Crippen LogP contribution is 2.21. The molecule has 0 saturated heterocycles. The van der Waals surface area contributed by atoms with Gasteiger partial charge in [-0.15, -0.1) is 0 Å². The Morgan fingerprint density at radius 3 is 2.85 bits per heavy atom. The van der Waals surface area contributed by atoms with Crippen LogP contribution in [0.15, 0.2) is 30.5 Å². The first-order valence-electron chi connectivity index (χ1n) is 6.65. The van der Waals surface area contributed by atoms with E-state index in [1.54, 1.807) is 6.20 Å². The molecule has 1 fully saturated rings.